The zero-order valence-electron chi connectivity index (χ0n) is 10.3. The van der Waals surface area contributed by atoms with Crippen molar-refractivity contribution in [3.05, 3.63) is 60.0 Å². The van der Waals surface area contributed by atoms with Crippen LogP contribution in [0, 0.1) is 0 Å². The molecule has 0 bridgehead atoms. The van der Waals surface area contributed by atoms with Crippen LogP contribution in [-0.4, -0.2) is 9.55 Å². The Morgan fingerprint density at radius 3 is 2.89 bits per heavy atom. The Bertz CT molecular complexity index is 698. The fraction of sp³-hybridized carbons (Fsp3) is 0.133. The highest BCUT2D eigenvalue weighted by Gasteiger charge is 2.06. The second-order valence-electron chi connectivity index (χ2n) is 4.55. The molecule has 0 saturated heterocycles. The molecule has 2 N–H and O–H groups in total. The minimum Gasteiger partial charge on any atom is -0.399 e. The zero-order valence-corrected chi connectivity index (χ0v) is 10.3. The number of benzene rings is 1. The highest BCUT2D eigenvalue weighted by Crippen LogP contribution is 2.20. The summed E-state index contributed by atoms with van der Waals surface area (Å²) in [5.74, 6) is 0. The Balaban J connectivity index is 2.02. The lowest BCUT2D eigenvalue weighted by Crippen LogP contribution is -1.98. The number of fused-ring (bicyclic) bond motifs is 1. The fourth-order valence-corrected chi connectivity index (χ4v) is 2.31. The van der Waals surface area contributed by atoms with E-state index in [-0.39, 0.29) is 0 Å². The summed E-state index contributed by atoms with van der Waals surface area (Å²) in [7, 11) is 2.08. The van der Waals surface area contributed by atoms with Gasteiger partial charge in [0.1, 0.15) is 0 Å². The van der Waals surface area contributed by atoms with E-state index in [1.165, 1.54) is 16.6 Å². The number of hydrogen-bond acceptors (Lipinski definition) is 2. The van der Waals surface area contributed by atoms with Gasteiger partial charge in [0.2, 0.25) is 0 Å². The van der Waals surface area contributed by atoms with Crippen molar-refractivity contribution in [2.45, 2.75) is 6.42 Å². The Labute approximate surface area is 106 Å². The summed E-state index contributed by atoms with van der Waals surface area (Å²) in [6.07, 6.45) is 4.61. The third-order valence-electron chi connectivity index (χ3n) is 3.28. The highest BCUT2D eigenvalue weighted by molar-refractivity contribution is 5.80. The van der Waals surface area contributed by atoms with E-state index < -0.39 is 0 Å². The third-order valence-corrected chi connectivity index (χ3v) is 3.28. The first kappa shape index (κ1) is 10.8. The molecule has 2 aromatic heterocycles. The van der Waals surface area contributed by atoms with Crippen LogP contribution < -0.4 is 5.73 Å². The molecule has 90 valence electrons. The average molecular weight is 237 g/mol. The molecule has 1 aromatic carbocycles. The van der Waals surface area contributed by atoms with Gasteiger partial charge in [-0.15, -0.1) is 0 Å². The molecular weight excluding hydrogens is 222 g/mol. The van der Waals surface area contributed by atoms with Crippen molar-refractivity contribution in [1.82, 2.24) is 9.55 Å². The summed E-state index contributed by atoms with van der Waals surface area (Å²) in [6.45, 7) is 0. The van der Waals surface area contributed by atoms with Gasteiger partial charge in [0.15, 0.2) is 0 Å². The molecule has 0 unspecified atom stereocenters. The first-order valence-corrected chi connectivity index (χ1v) is 5.97. The van der Waals surface area contributed by atoms with Gasteiger partial charge < -0.3 is 10.3 Å². The lowest BCUT2D eigenvalue weighted by Gasteiger charge is -2.05. The van der Waals surface area contributed by atoms with E-state index >= 15 is 0 Å². The quantitative estimate of drug-likeness (QED) is 0.696. The lowest BCUT2D eigenvalue weighted by molar-refractivity contribution is 0.879. The SMILES string of the molecule is Cn1c(Cc2cccc(N)c2)cc2ccncc21. The van der Waals surface area contributed by atoms with Crippen LogP contribution in [0.3, 0.4) is 0 Å². The van der Waals surface area contributed by atoms with Crippen LogP contribution >= 0.6 is 0 Å². The van der Waals surface area contributed by atoms with Gasteiger partial charge in [-0.05, 0) is 29.8 Å². The van der Waals surface area contributed by atoms with E-state index in [9.17, 15) is 0 Å². The molecule has 18 heavy (non-hydrogen) atoms. The first-order valence-electron chi connectivity index (χ1n) is 5.97. The number of aryl methyl sites for hydroxylation is 1. The summed E-state index contributed by atoms with van der Waals surface area (Å²) in [4.78, 5) is 4.17. The Morgan fingerprint density at radius 1 is 1.22 bits per heavy atom. The third kappa shape index (κ3) is 1.84. The maximum atomic E-state index is 5.81. The van der Waals surface area contributed by atoms with Crippen LogP contribution in [0.5, 0.6) is 0 Å². The Morgan fingerprint density at radius 2 is 2.11 bits per heavy atom. The molecule has 2 heterocycles. The topological polar surface area (TPSA) is 43.8 Å². The van der Waals surface area contributed by atoms with Gasteiger partial charge in [-0.1, -0.05) is 12.1 Å². The predicted octanol–water partition coefficient (Wildman–Crippen LogP) is 2.75. The molecule has 0 amide bonds. The number of nitrogen functional groups attached to an aromatic ring is 1. The van der Waals surface area contributed by atoms with Crippen LogP contribution in [0.4, 0.5) is 5.69 Å². The summed E-state index contributed by atoms with van der Waals surface area (Å²) in [6, 6.07) is 12.3. The highest BCUT2D eigenvalue weighted by atomic mass is 15.0. The summed E-state index contributed by atoms with van der Waals surface area (Å²) in [5, 5.41) is 1.23. The number of nitrogens with zero attached hydrogens (tertiary/aromatic N) is 2. The minimum absolute atomic E-state index is 0.813. The molecule has 0 saturated carbocycles. The molecule has 0 fully saturated rings. The average Bonchev–Trinajstić information content (AvgIpc) is 2.67. The van der Waals surface area contributed by atoms with Gasteiger partial charge in [-0.2, -0.15) is 0 Å². The maximum Gasteiger partial charge on any atom is 0.0666 e. The molecule has 0 aliphatic heterocycles. The summed E-state index contributed by atoms with van der Waals surface area (Å²) >= 11 is 0. The molecule has 0 aliphatic rings. The summed E-state index contributed by atoms with van der Waals surface area (Å²) in [5.41, 5.74) is 10.3. The first-order chi connectivity index (χ1) is 8.74. The Hall–Kier alpha value is -2.29. The van der Waals surface area contributed by atoms with Gasteiger partial charge in [0, 0.05) is 36.4 Å². The van der Waals surface area contributed by atoms with E-state index in [0.717, 1.165) is 17.6 Å². The van der Waals surface area contributed by atoms with Gasteiger partial charge >= 0.3 is 0 Å². The monoisotopic (exact) mass is 237 g/mol. The molecule has 3 heteroatoms. The van der Waals surface area contributed by atoms with E-state index in [2.05, 4.69) is 28.7 Å². The van der Waals surface area contributed by atoms with Gasteiger partial charge in [-0.25, -0.2) is 0 Å². The van der Waals surface area contributed by atoms with E-state index in [0.29, 0.717) is 0 Å². The van der Waals surface area contributed by atoms with Crippen molar-refractivity contribution >= 4 is 16.6 Å². The van der Waals surface area contributed by atoms with Gasteiger partial charge in [-0.3, -0.25) is 4.98 Å². The van der Waals surface area contributed by atoms with Gasteiger partial charge in [0.25, 0.3) is 0 Å². The van der Waals surface area contributed by atoms with E-state index in [1.807, 2.05) is 36.7 Å². The number of rotatable bonds is 2. The van der Waals surface area contributed by atoms with Gasteiger partial charge in [0.05, 0.1) is 11.7 Å². The number of anilines is 1. The normalized spacial score (nSPS) is 10.9. The van der Waals surface area contributed by atoms with Crippen molar-refractivity contribution in [3.8, 4) is 0 Å². The van der Waals surface area contributed by atoms with Crippen molar-refractivity contribution in [3.63, 3.8) is 0 Å². The molecular formula is C15H15N3. The second-order valence-corrected chi connectivity index (χ2v) is 4.55. The number of hydrogen-bond donors (Lipinski definition) is 1. The maximum absolute atomic E-state index is 5.81. The smallest absolute Gasteiger partial charge is 0.0666 e. The van der Waals surface area contributed by atoms with Crippen molar-refractivity contribution in [2.75, 3.05) is 5.73 Å². The van der Waals surface area contributed by atoms with E-state index in [1.54, 1.807) is 0 Å². The Kier molecular flexibility index (Phi) is 2.52. The lowest BCUT2D eigenvalue weighted by atomic mass is 10.1. The minimum atomic E-state index is 0.813. The van der Waals surface area contributed by atoms with Crippen molar-refractivity contribution in [2.24, 2.45) is 7.05 Å². The summed E-state index contributed by atoms with van der Waals surface area (Å²) < 4.78 is 2.19. The second kappa shape index (κ2) is 4.18. The van der Waals surface area contributed by atoms with E-state index in [4.69, 9.17) is 5.73 Å². The van der Waals surface area contributed by atoms with Crippen molar-refractivity contribution in [1.29, 1.82) is 0 Å². The number of aromatic nitrogens is 2. The van der Waals surface area contributed by atoms with Crippen LogP contribution in [0.25, 0.3) is 10.9 Å². The standard InChI is InChI=1S/C15H15N3/c1-18-14(8-11-3-2-4-13(16)7-11)9-12-5-6-17-10-15(12)18/h2-7,9-10H,8,16H2,1H3. The molecule has 0 spiro atoms. The van der Waals surface area contributed by atoms with Crippen LogP contribution in [-0.2, 0) is 13.5 Å². The molecule has 0 radical (unpaired) electrons. The number of nitrogens with two attached hydrogens (primary N) is 1. The van der Waals surface area contributed by atoms with Crippen LogP contribution in [0.1, 0.15) is 11.3 Å². The van der Waals surface area contributed by atoms with Crippen LogP contribution in [0.15, 0.2) is 48.8 Å². The molecule has 0 atom stereocenters. The van der Waals surface area contributed by atoms with Crippen molar-refractivity contribution < 1.29 is 0 Å². The molecule has 0 aliphatic carbocycles. The molecule has 3 aromatic rings. The largest absolute Gasteiger partial charge is 0.399 e. The number of pyridine rings is 1. The zero-order chi connectivity index (χ0) is 12.5. The predicted molar refractivity (Wildman–Crippen MR) is 74.4 cm³/mol. The van der Waals surface area contributed by atoms with Crippen LogP contribution in [0.2, 0.25) is 0 Å². The molecule has 3 nitrogen and oxygen atoms in total. The fourth-order valence-electron chi connectivity index (χ4n) is 2.31. The molecule has 3 rings (SSSR count).